The Morgan fingerprint density at radius 3 is 3.22 bits per heavy atom. The molecule has 96 valence electrons. The molecule has 2 aromatic rings. The van der Waals surface area contributed by atoms with E-state index in [0.29, 0.717) is 0 Å². The number of ether oxygens (including phenoxy) is 1. The fourth-order valence-electron chi connectivity index (χ4n) is 2.15. The van der Waals surface area contributed by atoms with Gasteiger partial charge in [0.15, 0.2) is 0 Å². The third kappa shape index (κ3) is 2.60. The number of aromatic nitrogens is 3. The van der Waals surface area contributed by atoms with Crippen LogP contribution in [-0.2, 0) is 11.3 Å². The van der Waals surface area contributed by atoms with Crippen molar-refractivity contribution >= 4 is 11.3 Å². The summed E-state index contributed by atoms with van der Waals surface area (Å²) in [5.74, 6) is 0.932. The van der Waals surface area contributed by atoms with Gasteiger partial charge >= 0.3 is 0 Å². The van der Waals surface area contributed by atoms with Crippen LogP contribution in [0, 0.1) is 6.92 Å². The van der Waals surface area contributed by atoms with Gasteiger partial charge in [0.1, 0.15) is 11.9 Å². The van der Waals surface area contributed by atoms with Gasteiger partial charge in [-0.05, 0) is 6.92 Å². The molecule has 0 saturated carbocycles. The summed E-state index contributed by atoms with van der Waals surface area (Å²) in [7, 11) is 0. The summed E-state index contributed by atoms with van der Waals surface area (Å²) in [6.45, 7) is 5.56. The third-order valence-corrected chi connectivity index (χ3v) is 3.81. The lowest BCUT2D eigenvalue weighted by Gasteiger charge is -2.31. The first-order valence-electron chi connectivity index (χ1n) is 6.04. The van der Waals surface area contributed by atoms with Crippen LogP contribution in [0.5, 0.6) is 0 Å². The molecule has 1 aliphatic heterocycles. The highest BCUT2D eigenvalue weighted by Crippen LogP contribution is 2.21. The van der Waals surface area contributed by atoms with Gasteiger partial charge in [-0.25, -0.2) is 4.98 Å². The van der Waals surface area contributed by atoms with Gasteiger partial charge in [-0.1, -0.05) is 0 Å². The summed E-state index contributed by atoms with van der Waals surface area (Å²) in [6.07, 6.45) is 3.84. The Morgan fingerprint density at radius 1 is 1.56 bits per heavy atom. The van der Waals surface area contributed by atoms with Crippen molar-refractivity contribution in [3.05, 3.63) is 34.3 Å². The summed E-state index contributed by atoms with van der Waals surface area (Å²) in [6, 6.07) is 0. The molecule has 18 heavy (non-hydrogen) atoms. The van der Waals surface area contributed by atoms with Crippen LogP contribution in [0.2, 0.25) is 0 Å². The fourth-order valence-corrected chi connectivity index (χ4v) is 2.78. The molecular formula is C12H16N4OS. The van der Waals surface area contributed by atoms with E-state index in [1.807, 2.05) is 24.8 Å². The maximum atomic E-state index is 5.78. The second-order valence-electron chi connectivity index (χ2n) is 4.51. The maximum Gasteiger partial charge on any atom is 0.136 e. The summed E-state index contributed by atoms with van der Waals surface area (Å²) in [5.41, 5.74) is 2.96. The molecule has 1 N–H and O–H groups in total. The summed E-state index contributed by atoms with van der Waals surface area (Å²) >= 11 is 1.70. The first-order valence-corrected chi connectivity index (χ1v) is 6.92. The zero-order valence-electron chi connectivity index (χ0n) is 10.3. The molecule has 0 bridgehead atoms. The van der Waals surface area contributed by atoms with Crippen molar-refractivity contribution in [1.29, 1.82) is 0 Å². The molecule has 1 fully saturated rings. The van der Waals surface area contributed by atoms with Gasteiger partial charge < -0.3 is 9.72 Å². The molecule has 0 aliphatic carbocycles. The van der Waals surface area contributed by atoms with E-state index in [1.54, 1.807) is 11.3 Å². The number of aryl methyl sites for hydroxylation is 1. The molecule has 3 rings (SSSR count). The number of imidazole rings is 1. The topological polar surface area (TPSA) is 54.0 Å². The van der Waals surface area contributed by atoms with Crippen LogP contribution in [0.25, 0.3) is 0 Å². The number of H-pyrrole nitrogens is 1. The van der Waals surface area contributed by atoms with Gasteiger partial charge in [-0.2, -0.15) is 0 Å². The van der Waals surface area contributed by atoms with E-state index in [0.717, 1.165) is 37.8 Å². The van der Waals surface area contributed by atoms with Crippen molar-refractivity contribution in [2.75, 3.05) is 19.7 Å². The second-order valence-corrected chi connectivity index (χ2v) is 5.48. The Labute approximate surface area is 110 Å². The number of nitrogens with one attached hydrogen (secondary N) is 1. The van der Waals surface area contributed by atoms with Gasteiger partial charge in [0.2, 0.25) is 0 Å². The van der Waals surface area contributed by atoms with Crippen molar-refractivity contribution < 1.29 is 4.74 Å². The van der Waals surface area contributed by atoms with Crippen LogP contribution < -0.4 is 0 Å². The zero-order valence-corrected chi connectivity index (χ0v) is 11.1. The molecule has 5 nitrogen and oxygen atoms in total. The molecule has 1 saturated heterocycles. The SMILES string of the molecule is Cc1cnc(C2CN(Cc3cncs3)CCO2)[nH]1. The number of thiazole rings is 1. The number of hydrogen-bond donors (Lipinski definition) is 1. The lowest BCUT2D eigenvalue weighted by Crippen LogP contribution is -2.38. The highest BCUT2D eigenvalue weighted by atomic mass is 32.1. The van der Waals surface area contributed by atoms with E-state index in [4.69, 9.17) is 4.74 Å². The Balaban J connectivity index is 1.65. The minimum Gasteiger partial charge on any atom is -0.368 e. The van der Waals surface area contributed by atoms with Crippen LogP contribution in [0.15, 0.2) is 17.9 Å². The normalized spacial score (nSPS) is 21.3. The quantitative estimate of drug-likeness (QED) is 0.917. The van der Waals surface area contributed by atoms with E-state index >= 15 is 0 Å². The van der Waals surface area contributed by atoms with Crippen molar-refractivity contribution in [3.8, 4) is 0 Å². The maximum absolute atomic E-state index is 5.78. The molecular weight excluding hydrogens is 248 g/mol. The predicted molar refractivity (Wildman–Crippen MR) is 69.4 cm³/mol. The first-order chi connectivity index (χ1) is 8.81. The monoisotopic (exact) mass is 264 g/mol. The van der Waals surface area contributed by atoms with Gasteiger partial charge in [-0.3, -0.25) is 9.88 Å². The van der Waals surface area contributed by atoms with Crippen LogP contribution in [0.1, 0.15) is 22.5 Å². The summed E-state index contributed by atoms with van der Waals surface area (Å²) in [5, 5.41) is 0. The van der Waals surface area contributed by atoms with Crippen molar-refractivity contribution in [2.24, 2.45) is 0 Å². The molecule has 0 spiro atoms. The average Bonchev–Trinajstić information content (AvgIpc) is 3.01. The van der Waals surface area contributed by atoms with E-state index < -0.39 is 0 Å². The van der Waals surface area contributed by atoms with Crippen molar-refractivity contribution in [3.63, 3.8) is 0 Å². The van der Waals surface area contributed by atoms with E-state index in [-0.39, 0.29) is 6.10 Å². The molecule has 2 aromatic heterocycles. The van der Waals surface area contributed by atoms with Gasteiger partial charge in [0.05, 0.1) is 12.1 Å². The Morgan fingerprint density at radius 2 is 2.50 bits per heavy atom. The fraction of sp³-hybridized carbons (Fsp3) is 0.500. The van der Waals surface area contributed by atoms with Crippen molar-refractivity contribution in [2.45, 2.75) is 19.6 Å². The highest BCUT2D eigenvalue weighted by molar-refractivity contribution is 7.09. The van der Waals surface area contributed by atoms with Crippen LogP contribution >= 0.6 is 11.3 Å². The minimum atomic E-state index is 0.0559. The van der Waals surface area contributed by atoms with Gasteiger partial charge in [-0.15, -0.1) is 11.3 Å². The molecule has 3 heterocycles. The van der Waals surface area contributed by atoms with E-state index in [2.05, 4.69) is 19.9 Å². The lowest BCUT2D eigenvalue weighted by atomic mass is 10.2. The predicted octanol–water partition coefficient (Wildman–Crippen LogP) is 1.75. The van der Waals surface area contributed by atoms with Crippen molar-refractivity contribution in [1.82, 2.24) is 19.9 Å². The largest absolute Gasteiger partial charge is 0.368 e. The molecule has 0 amide bonds. The average molecular weight is 264 g/mol. The molecule has 6 heteroatoms. The van der Waals surface area contributed by atoms with Gasteiger partial charge in [0.25, 0.3) is 0 Å². The Hall–Kier alpha value is -1.24. The van der Waals surface area contributed by atoms with E-state index in [1.165, 1.54) is 4.88 Å². The standard InChI is InChI=1S/C12H16N4OS/c1-9-4-14-12(15-9)11-7-16(2-3-17-11)6-10-5-13-8-18-10/h4-5,8,11H,2-3,6-7H2,1H3,(H,14,15). The number of nitrogens with zero attached hydrogens (tertiary/aromatic N) is 3. The summed E-state index contributed by atoms with van der Waals surface area (Å²) < 4.78 is 5.78. The second kappa shape index (κ2) is 5.17. The third-order valence-electron chi connectivity index (χ3n) is 3.04. The van der Waals surface area contributed by atoms with Crippen LogP contribution in [0.4, 0.5) is 0 Å². The minimum absolute atomic E-state index is 0.0559. The summed E-state index contributed by atoms with van der Waals surface area (Å²) in [4.78, 5) is 15.4. The highest BCUT2D eigenvalue weighted by Gasteiger charge is 2.24. The van der Waals surface area contributed by atoms with E-state index in [9.17, 15) is 0 Å². The number of aromatic amines is 1. The van der Waals surface area contributed by atoms with Crippen LogP contribution in [-0.4, -0.2) is 39.5 Å². The molecule has 1 aliphatic rings. The molecule has 1 unspecified atom stereocenters. The number of hydrogen-bond acceptors (Lipinski definition) is 5. The van der Waals surface area contributed by atoms with Gasteiger partial charge in [0, 0.05) is 42.6 Å². The Kier molecular flexibility index (Phi) is 3.40. The molecule has 1 atom stereocenters. The van der Waals surface area contributed by atoms with Crippen LogP contribution in [0.3, 0.4) is 0 Å². The first kappa shape index (κ1) is 11.8. The molecule has 0 aromatic carbocycles. The number of morpholine rings is 1. The molecule has 0 radical (unpaired) electrons. The smallest absolute Gasteiger partial charge is 0.136 e. The number of rotatable bonds is 3. The lowest BCUT2D eigenvalue weighted by molar-refractivity contribution is -0.0365. The Bertz CT molecular complexity index is 496. The zero-order chi connectivity index (χ0) is 12.4.